The molecule has 0 radical (unpaired) electrons. The molecule has 0 fully saturated rings. The van der Waals surface area contributed by atoms with Crippen LogP contribution < -0.4 is 5.73 Å². The third-order valence-electron chi connectivity index (χ3n) is 1.88. The largest absolute Gasteiger partial charge is 0.388 e. The highest BCUT2D eigenvalue weighted by Crippen LogP contribution is 2.23. The molecule has 0 atom stereocenters. The molecule has 2 N–H and O–H groups in total. The molecule has 0 aliphatic carbocycles. The van der Waals surface area contributed by atoms with E-state index in [9.17, 15) is 0 Å². The Kier molecular flexibility index (Phi) is 3.35. The van der Waals surface area contributed by atoms with E-state index >= 15 is 0 Å². The molecule has 0 spiro atoms. The lowest BCUT2D eigenvalue weighted by Crippen LogP contribution is -1.94. The van der Waals surface area contributed by atoms with Crippen molar-refractivity contribution in [3.05, 3.63) is 23.1 Å². The maximum absolute atomic E-state index is 5.70. The zero-order chi connectivity index (χ0) is 11.5. The predicted molar refractivity (Wildman–Crippen MR) is 65.4 cm³/mol. The predicted octanol–water partition coefficient (Wildman–Crippen LogP) is 1.82. The Morgan fingerprint density at radius 2 is 2.00 bits per heavy atom. The smallest absolute Gasteiger partial charge is 0.188 e. The van der Waals surface area contributed by atoms with Gasteiger partial charge in [-0.05, 0) is 19.9 Å². The summed E-state index contributed by atoms with van der Waals surface area (Å²) in [5.41, 5.74) is 8.45. The van der Waals surface area contributed by atoms with Crippen molar-refractivity contribution in [2.45, 2.75) is 24.8 Å². The molecule has 2 rings (SSSR count). The molecular formula is C9H11N5S2. The third kappa shape index (κ3) is 2.67. The number of thioether (sulfide) groups is 1. The number of rotatable bonds is 3. The standard InChI is InChI=1S/C9H11N5S2/c1-5-3-6(2)12-9(11-5)15-4-7-8(10)16-14-13-7/h3H,4,10H2,1-2H3. The zero-order valence-corrected chi connectivity index (χ0v) is 10.6. The van der Waals surface area contributed by atoms with E-state index in [2.05, 4.69) is 19.6 Å². The fourth-order valence-corrected chi connectivity index (χ4v) is 2.64. The lowest BCUT2D eigenvalue weighted by molar-refractivity contribution is 0.900. The minimum atomic E-state index is 0.658. The summed E-state index contributed by atoms with van der Waals surface area (Å²) in [6, 6.07) is 1.95. The van der Waals surface area contributed by atoms with Gasteiger partial charge in [0.2, 0.25) is 0 Å². The number of hydrogen-bond acceptors (Lipinski definition) is 7. The molecule has 0 unspecified atom stereocenters. The molecule has 2 aromatic heterocycles. The van der Waals surface area contributed by atoms with Gasteiger partial charge in [-0.2, -0.15) is 0 Å². The van der Waals surface area contributed by atoms with Crippen LogP contribution in [0.3, 0.4) is 0 Å². The fourth-order valence-electron chi connectivity index (χ4n) is 1.21. The molecule has 7 heteroatoms. The Labute approximate surface area is 102 Å². The maximum Gasteiger partial charge on any atom is 0.188 e. The van der Waals surface area contributed by atoms with Crippen molar-refractivity contribution in [2.24, 2.45) is 0 Å². The van der Waals surface area contributed by atoms with Gasteiger partial charge in [0.25, 0.3) is 0 Å². The van der Waals surface area contributed by atoms with Gasteiger partial charge in [0.1, 0.15) is 10.7 Å². The zero-order valence-electron chi connectivity index (χ0n) is 8.97. The number of nitrogens with zero attached hydrogens (tertiary/aromatic N) is 4. The van der Waals surface area contributed by atoms with Gasteiger partial charge >= 0.3 is 0 Å². The number of aryl methyl sites for hydroxylation is 2. The molecule has 0 bridgehead atoms. The Bertz CT molecular complexity index is 476. The molecule has 5 nitrogen and oxygen atoms in total. The molecule has 2 heterocycles. The molecule has 0 aliphatic rings. The van der Waals surface area contributed by atoms with Crippen LogP contribution in [0.4, 0.5) is 5.00 Å². The summed E-state index contributed by atoms with van der Waals surface area (Å²) in [4.78, 5) is 8.66. The Morgan fingerprint density at radius 3 is 2.56 bits per heavy atom. The molecule has 0 saturated carbocycles. The average Bonchev–Trinajstić information content (AvgIpc) is 2.59. The van der Waals surface area contributed by atoms with E-state index in [0.717, 1.165) is 22.2 Å². The molecule has 0 saturated heterocycles. The maximum atomic E-state index is 5.70. The van der Waals surface area contributed by atoms with E-state index in [1.807, 2.05) is 19.9 Å². The summed E-state index contributed by atoms with van der Waals surface area (Å²) in [7, 11) is 0. The van der Waals surface area contributed by atoms with Gasteiger partial charge in [0.05, 0.1) is 0 Å². The van der Waals surface area contributed by atoms with Crippen molar-refractivity contribution in [1.29, 1.82) is 0 Å². The van der Waals surface area contributed by atoms with Crippen LogP contribution in [0.25, 0.3) is 0 Å². The summed E-state index contributed by atoms with van der Waals surface area (Å²) >= 11 is 2.73. The molecule has 2 aromatic rings. The van der Waals surface area contributed by atoms with Crippen LogP contribution >= 0.6 is 23.3 Å². The van der Waals surface area contributed by atoms with E-state index in [-0.39, 0.29) is 0 Å². The van der Waals surface area contributed by atoms with Gasteiger partial charge in [-0.15, -0.1) is 5.10 Å². The second-order valence-electron chi connectivity index (χ2n) is 3.31. The molecule has 0 amide bonds. The summed E-state index contributed by atoms with van der Waals surface area (Å²) in [6.07, 6.45) is 0. The van der Waals surface area contributed by atoms with Crippen LogP contribution in [0.5, 0.6) is 0 Å². The molecule has 0 aromatic carbocycles. The second kappa shape index (κ2) is 4.75. The van der Waals surface area contributed by atoms with Crippen molar-refractivity contribution >= 4 is 28.3 Å². The summed E-state index contributed by atoms with van der Waals surface area (Å²) in [6.45, 7) is 3.91. The van der Waals surface area contributed by atoms with Crippen LogP contribution in [-0.4, -0.2) is 19.6 Å². The van der Waals surface area contributed by atoms with E-state index in [1.165, 1.54) is 23.3 Å². The normalized spacial score (nSPS) is 10.6. The highest BCUT2D eigenvalue weighted by atomic mass is 32.2. The van der Waals surface area contributed by atoms with Crippen molar-refractivity contribution in [3.63, 3.8) is 0 Å². The topological polar surface area (TPSA) is 77.6 Å². The van der Waals surface area contributed by atoms with Crippen LogP contribution in [0, 0.1) is 13.8 Å². The quantitative estimate of drug-likeness (QED) is 0.664. The van der Waals surface area contributed by atoms with E-state index in [0.29, 0.717) is 10.8 Å². The first-order valence-corrected chi connectivity index (χ1v) is 6.43. The fraction of sp³-hybridized carbons (Fsp3) is 0.333. The number of anilines is 1. The summed E-state index contributed by atoms with van der Waals surface area (Å²) in [5.74, 6) is 0.658. The van der Waals surface area contributed by atoms with E-state index < -0.39 is 0 Å². The minimum absolute atomic E-state index is 0.658. The van der Waals surface area contributed by atoms with Crippen molar-refractivity contribution in [3.8, 4) is 0 Å². The van der Waals surface area contributed by atoms with Crippen molar-refractivity contribution in [2.75, 3.05) is 5.73 Å². The van der Waals surface area contributed by atoms with Gasteiger partial charge in [-0.1, -0.05) is 16.3 Å². The van der Waals surface area contributed by atoms with Gasteiger partial charge in [0.15, 0.2) is 5.16 Å². The Balaban J connectivity index is 2.07. The molecule has 0 aliphatic heterocycles. The van der Waals surface area contributed by atoms with Crippen LogP contribution in [0.1, 0.15) is 17.1 Å². The first-order chi connectivity index (χ1) is 7.65. The number of hydrogen-bond donors (Lipinski definition) is 1. The van der Waals surface area contributed by atoms with Crippen LogP contribution in [0.15, 0.2) is 11.2 Å². The van der Waals surface area contributed by atoms with E-state index in [1.54, 1.807) is 0 Å². The SMILES string of the molecule is Cc1cc(C)nc(SCc2nnsc2N)n1. The highest BCUT2D eigenvalue weighted by molar-refractivity contribution is 7.98. The van der Waals surface area contributed by atoms with Crippen molar-refractivity contribution in [1.82, 2.24) is 19.6 Å². The first-order valence-electron chi connectivity index (χ1n) is 4.67. The van der Waals surface area contributed by atoms with Gasteiger partial charge in [-0.3, -0.25) is 0 Å². The van der Waals surface area contributed by atoms with Gasteiger partial charge < -0.3 is 5.73 Å². The average molecular weight is 253 g/mol. The molecule has 84 valence electrons. The van der Waals surface area contributed by atoms with Crippen molar-refractivity contribution < 1.29 is 0 Å². The number of nitrogen functional groups attached to an aromatic ring is 1. The van der Waals surface area contributed by atoms with Crippen LogP contribution in [0.2, 0.25) is 0 Å². The number of nitrogens with two attached hydrogens (primary N) is 1. The summed E-state index contributed by atoms with van der Waals surface area (Å²) in [5, 5.41) is 5.36. The monoisotopic (exact) mass is 253 g/mol. The lowest BCUT2D eigenvalue weighted by atomic mass is 10.4. The first kappa shape index (κ1) is 11.3. The minimum Gasteiger partial charge on any atom is -0.388 e. The van der Waals surface area contributed by atoms with Crippen LogP contribution in [-0.2, 0) is 5.75 Å². The second-order valence-corrected chi connectivity index (χ2v) is 5.03. The van der Waals surface area contributed by atoms with Gasteiger partial charge in [-0.25, -0.2) is 9.97 Å². The lowest BCUT2D eigenvalue weighted by Gasteiger charge is -2.01. The third-order valence-corrected chi connectivity index (χ3v) is 3.34. The highest BCUT2D eigenvalue weighted by Gasteiger charge is 2.07. The summed E-state index contributed by atoms with van der Waals surface area (Å²) < 4.78 is 3.78. The molecular weight excluding hydrogens is 242 g/mol. The Morgan fingerprint density at radius 1 is 1.31 bits per heavy atom. The number of aromatic nitrogens is 4. The van der Waals surface area contributed by atoms with Gasteiger partial charge in [0, 0.05) is 28.7 Å². The Hall–Kier alpha value is -1.21. The molecule has 16 heavy (non-hydrogen) atoms. The van der Waals surface area contributed by atoms with E-state index in [4.69, 9.17) is 5.73 Å².